The first-order valence-electron chi connectivity index (χ1n) is 8.48. The van der Waals surface area contributed by atoms with Gasteiger partial charge in [0.05, 0.1) is 12.1 Å². The maximum Gasteiger partial charge on any atom is 0.253 e. The number of rotatable bonds is 3. The lowest BCUT2D eigenvalue weighted by Crippen LogP contribution is -2.56. The van der Waals surface area contributed by atoms with Crippen LogP contribution in [0.15, 0.2) is 30.3 Å². The summed E-state index contributed by atoms with van der Waals surface area (Å²) in [6.45, 7) is 0.823. The number of hydrogen-bond acceptors (Lipinski definition) is 3. The Kier molecular flexibility index (Phi) is 4.96. The molecule has 1 heterocycles. The van der Waals surface area contributed by atoms with E-state index in [0.29, 0.717) is 18.5 Å². The minimum atomic E-state index is -0.707. The molecule has 1 aliphatic carbocycles. The Labute approximate surface area is 136 Å². The van der Waals surface area contributed by atoms with E-state index >= 15 is 0 Å². The smallest absolute Gasteiger partial charge is 0.253 e. The third-order valence-electron chi connectivity index (χ3n) is 4.94. The van der Waals surface area contributed by atoms with Gasteiger partial charge in [-0.15, -0.1) is 0 Å². The van der Waals surface area contributed by atoms with Crippen LogP contribution >= 0.6 is 0 Å². The monoisotopic (exact) mass is 316 g/mol. The molecule has 2 unspecified atom stereocenters. The molecule has 1 saturated heterocycles. The van der Waals surface area contributed by atoms with Crippen molar-refractivity contribution in [1.29, 1.82) is 0 Å². The first-order chi connectivity index (χ1) is 11.1. The molecule has 1 aromatic rings. The van der Waals surface area contributed by atoms with Crippen molar-refractivity contribution in [1.82, 2.24) is 10.2 Å². The molecule has 2 fully saturated rings. The molecule has 3 rings (SSSR count). The zero-order valence-corrected chi connectivity index (χ0v) is 13.3. The van der Waals surface area contributed by atoms with Crippen LogP contribution in [0, 0.1) is 5.92 Å². The van der Waals surface area contributed by atoms with Crippen LogP contribution in [0.4, 0.5) is 0 Å². The average Bonchev–Trinajstić information content (AvgIpc) is 3.11. The summed E-state index contributed by atoms with van der Waals surface area (Å²) in [5.41, 5.74) is 0.633. The minimum Gasteiger partial charge on any atom is -0.389 e. The summed E-state index contributed by atoms with van der Waals surface area (Å²) in [6, 6.07) is 8.85. The van der Waals surface area contributed by atoms with E-state index in [0.717, 1.165) is 25.7 Å². The molecule has 5 nitrogen and oxygen atoms in total. The Bertz CT molecular complexity index is 555. The van der Waals surface area contributed by atoms with Crippen LogP contribution in [0.25, 0.3) is 0 Å². The summed E-state index contributed by atoms with van der Waals surface area (Å²) in [5.74, 6) is 0.103. The molecular weight excluding hydrogens is 292 g/mol. The lowest BCUT2D eigenvalue weighted by molar-refractivity contribution is -0.126. The van der Waals surface area contributed by atoms with Gasteiger partial charge in [0.2, 0.25) is 5.91 Å². The standard InChI is InChI=1S/C18H24N2O3/c21-16-12-20(18(23)14-8-2-1-3-9-14)11-10-15(16)19-17(22)13-6-4-5-7-13/h1-3,8-9,13,15-16,21H,4-7,10-12H2,(H,19,22). The number of hydrogen-bond donors (Lipinski definition) is 2. The lowest BCUT2D eigenvalue weighted by atomic mass is 9.99. The van der Waals surface area contributed by atoms with Crippen molar-refractivity contribution in [2.75, 3.05) is 13.1 Å². The van der Waals surface area contributed by atoms with Gasteiger partial charge in [-0.25, -0.2) is 0 Å². The van der Waals surface area contributed by atoms with E-state index in [1.165, 1.54) is 0 Å². The van der Waals surface area contributed by atoms with Crippen LogP contribution in [-0.2, 0) is 4.79 Å². The van der Waals surface area contributed by atoms with Gasteiger partial charge in [0, 0.05) is 24.6 Å². The second-order valence-electron chi connectivity index (χ2n) is 6.57. The van der Waals surface area contributed by atoms with Gasteiger partial charge < -0.3 is 15.3 Å². The highest BCUT2D eigenvalue weighted by molar-refractivity contribution is 5.94. The fourth-order valence-electron chi connectivity index (χ4n) is 3.54. The van der Waals surface area contributed by atoms with Gasteiger partial charge in [-0.1, -0.05) is 31.0 Å². The Hall–Kier alpha value is -1.88. The number of aliphatic hydroxyl groups excluding tert-OH is 1. The van der Waals surface area contributed by atoms with Gasteiger partial charge >= 0.3 is 0 Å². The molecule has 2 atom stereocenters. The van der Waals surface area contributed by atoms with Crippen molar-refractivity contribution < 1.29 is 14.7 Å². The Morgan fingerprint density at radius 2 is 1.78 bits per heavy atom. The molecular formula is C18H24N2O3. The van der Waals surface area contributed by atoms with Gasteiger partial charge in [0.25, 0.3) is 5.91 Å². The molecule has 0 spiro atoms. The third kappa shape index (κ3) is 3.72. The number of benzene rings is 1. The first-order valence-corrected chi connectivity index (χ1v) is 8.48. The van der Waals surface area contributed by atoms with Crippen molar-refractivity contribution in [2.45, 2.75) is 44.2 Å². The highest BCUT2D eigenvalue weighted by Gasteiger charge is 2.33. The van der Waals surface area contributed by atoms with Crippen molar-refractivity contribution in [2.24, 2.45) is 5.92 Å². The quantitative estimate of drug-likeness (QED) is 0.889. The molecule has 1 aromatic carbocycles. The Morgan fingerprint density at radius 1 is 1.09 bits per heavy atom. The molecule has 2 amide bonds. The van der Waals surface area contributed by atoms with Crippen LogP contribution in [0.3, 0.4) is 0 Å². The van der Waals surface area contributed by atoms with Gasteiger partial charge in [-0.3, -0.25) is 9.59 Å². The second-order valence-corrected chi connectivity index (χ2v) is 6.57. The predicted octanol–water partition coefficient (Wildman–Crippen LogP) is 1.57. The topological polar surface area (TPSA) is 69.6 Å². The molecule has 1 aliphatic heterocycles. The molecule has 23 heavy (non-hydrogen) atoms. The molecule has 0 aromatic heterocycles. The molecule has 0 radical (unpaired) electrons. The summed E-state index contributed by atoms with van der Waals surface area (Å²) in [6.07, 6.45) is 4.02. The summed E-state index contributed by atoms with van der Waals surface area (Å²) in [5, 5.41) is 13.3. The maximum absolute atomic E-state index is 12.4. The van der Waals surface area contributed by atoms with E-state index in [4.69, 9.17) is 0 Å². The van der Waals surface area contributed by atoms with Crippen molar-refractivity contribution in [3.8, 4) is 0 Å². The number of carbonyl (C=O) groups is 2. The van der Waals surface area contributed by atoms with Gasteiger partial charge in [0.1, 0.15) is 0 Å². The van der Waals surface area contributed by atoms with Crippen molar-refractivity contribution >= 4 is 11.8 Å². The zero-order valence-electron chi connectivity index (χ0n) is 13.3. The number of β-amino-alcohol motifs (C(OH)–C–C–N with tert-alkyl or cyclic N) is 1. The van der Waals surface area contributed by atoms with Gasteiger partial charge in [0.15, 0.2) is 0 Å². The average molecular weight is 316 g/mol. The molecule has 2 N–H and O–H groups in total. The number of nitrogens with one attached hydrogen (secondary N) is 1. The van der Waals surface area contributed by atoms with Crippen LogP contribution in [0.1, 0.15) is 42.5 Å². The number of aliphatic hydroxyl groups is 1. The van der Waals surface area contributed by atoms with E-state index < -0.39 is 6.10 Å². The molecule has 124 valence electrons. The van der Waals surface area contributed by atoms with E-state index in [1.807, 2.05) is 18.2 Å². The number of nitrogens with zero attached hydrogens (tertiary/aromatic N) is 1. The summed E-state index contributed by atoms with van der Waals surface area (Å²) >= 11 is 0. The fourth-order valence-corrected chi connectivity index (χ4v) is 3.54. The first kappa shape index (κ1) is 16.0. The van der Waals surface area contributed by atoms with E-state index in [1.54, 1.807) is 17.0 Å². The largest absolute Gasteiger partial charge is 0.389 e. The van der Waals surface area contributed by atoms with Crippen LogP contribution in [0.2, 0.25) is 0 Å². The summed E-state index contributed by atoms with van der Waals surface area (Å²) in [4.78, 5) is 26.3. The normalized spacial score (nSPS) is 25.3. The van der Waals surface area contributed by atoms with Crippen LogP contribution in [-0.4, -0.2) is 47.1 Å². The van der Waals surface area contributed by atoms with E-state index in [2.05, 4.69) is 5.32 Å². The molecule has 5 heteroatoms. The van der Waals surface area contributed by atoms with Crippen LogP contribution < -0.4 is 5.32 Å². The number of likely N-dealkylation sites (tertiary alicyclic amines) is 1. The van der Waals surface area contributed by atoms with Crippen molar-refractivity contribution in [3.05, 3.63) is 35.9 Å². The van der Waals surface area contributed by atoms with Gasteiger partial charge in [-0.2, -0.15) is 0 Å². The number of amides is 2. The highest BCUT2D eigenvalue weighted by atomic mass is 16.3. The Balaban J connectivity index is 1.55. The van der Waals surface area contributed by atoms with Crippen molar-refractivity contribution in [3.63, 3.8) is 0 Å². The minimum absolute atomic E-state index is 0.0642. The maximum atomic E-state index is 12.4. The highest BCUT2D eigenvalue weighted by Crippen LogP contribution is 2.25. The molecule has 1 saturated carbocycles. The third-order valence-corrected chi connectivity index (χ3v) is 4.94. The van der Waals surface area contributed by atoms with Gasteiger partial charge in [-0.05, 0) is 31.4 Å². The summed E-state index contributed by atoms with van der Waals surface area (Å²) in [7, 11) is 0. The lowest BCUT2D eigenvalue weighted by Gasteiger charge is -2.36. The summed E-state index contributed by atoms with van der Waals surface area (Å²) < 4.78 is 0. The van der Waals surface area contributed by atoms with E-state index in [-0.39, 0.29) is 30.3 Å². The van der Waals surface area contributed by atoms with E-state index in [9.17, 15) is 14.7 Å². The molecule has 2 aliphatic rings. The number of carbonyl (C=O) groups excluding carboxylic acids is 2. The van der Waals surface area contributed by atoms with Crippen LogP contribution in [0.5, 0.6) is 0 Å². The Morgan fingerprint density at radius 3 is 2.43 bits per heavy atom. The zero-order chi connectivity index (χ0) is 16.2. The molecule has 0 bridgehead atoms. The fraction of sp³-hybridized carbons (Fsp3) is 0.556. The number of piperidine rings is 1. The second kappa shape index (κ2) is 7.13. The SMILES string of the molecule is O=C(NC1CCN(C(=O)c2ccccc2)CC1O)C1CCCC1. The predicted molar refractivity (Wildman–Crippen MR) is 86.9 cm³/mol.